The normalized spacial score (nSPS) is 16.7. The fourth-order valence-electron chi connectivity index (χ4n) is 4.18. The van der Waals surface area contributed by atoms with Crippen LogP contribution in [0.15, 0.2) is 77.8 Å². The van der Waals surface area contributed by atoms with E-state index in [0.717, 1.165) is 28.8 Å². The van der Waals surface area contributed by atoms with Gasteiger partial charge in [-0.2, -0.15) is 0 Å². The van der Waals surface area contributed by atoms with E-state index in [4.69, 9.17) is 9.73 Å². The van der Waals surface area contributed by atoms with Crippen LogP contribution in [-0.4, -0.2) is 37.5 Å². The quantitative estimate of drug-likeness (QED) is 0.669. The third-order valence-corrected chi connectivity index (χ3v) is 5.65. The molecule has 3 amide bonds. The smallest absolute Gasteiger partial charge is 0.321 e. The van der Waals surface area contributed by atoms with Gasteiger partial charge < -0.3 is 20.3 Å². The van der Waals surface area contributed by atoms with E-state index in [1.165, 1.54) is 0 Å². The number of para-hydroxylation sites is 1. The molecule has 160 valence electrons. The first kappa shape index (κ1) is 19.8. The van der Waals surface area contributed by atoms with Crippen LogP contribution in [0.4, 0.5) is 16.2 Å². The van der Waals surface area contributed by atoms with Gasteiger partial charge in [-0.05, 0) is 24.1 Å². The standard InChI is InChI=1S/C25H22N4O3/c1-32-19-11-6-10-18(15-19)26-25(31)28-23-24(30)29-14-13-17-9-5-12-20(22(17)29)21(27-23)16-7-3-2-4-8-16/h2-12,15,23H,13-14H2,1H3,(H2,26,28,31). The van der Waals surface area contributed by atoms with Crippen LogP contribution in [0.1, 0.15) is 16.7 Å². The summed E-state index contributed by atoms with van der Waals surface area (Å²) in [5.41, 5.74) is 5.03. The molecule has 32 heavy (non-hydrogen) atoms. The molecule has 1 atom stereocenters. The second-order valence-electron chi connectivity index (χ2n) is 7.63. The molecule has 0 saturated carbocycles. The molecule has 2 heterocycles. The zero-order valence-corrected chi connectivity index (χ0v) is 17.5. The van der Waals surface area contributed by atoms with Gasteiger partial charge in [-0.3, -0.25) is 4.79 Å². The predicted octanol–water partition coefficient (Wildman–Crippen LogP) is 3.58. The van der Waals surface area contributed by atoms with Gasteiger partial charge in [0.2, 0.25) is 6.17 Å². The first-order valence-electron chi connectivity index (χ1n) is 10.4. The predicted molar refractivity (Wildman–Crippen MR) is 124 cm³/mol. The minimum atomic E-state index is -1.05. The number of urea groups is 1. The number of aliphatic imine (C=N–C) groups is 1. The molecule has 3 aromatic carbocycles. The number of carbonyl (C=O) groups is 2. The highest BCUT2D eigenvalue weighted by molar-refractivity contribution is 6.21. The highest BCUT2D eigenvalue weighted by Gasteiger charge is 2.37. The molecule has 2 N–H and O–H groups in total. The maximum atomic E-state index is 13.4. The summed E-state index contributed by atoms with van der Waals surface area (Å²) < 4.78 is 5.20. The average Bonchev–Trinajstić information content (AvgIpc) is 3.22. The number of methoxy groups -OCH3 is 1. The zero-order valence-electron chi connectivity index (χ0n) is 17.5. The van der Waals surface area contributed by atoms with Crippen molar-refractivity contribution in [1.82, 2.24) is 5.32 Å². The number of nitrogens with zero attached hydrogens (tertiary/aromatic N) is 2. The lowest BCUT2D eigenvalue weighted by Gasteiger charge is -2.21. The van der Waals surface area contributed by atoms with Crippen molar-refractivity contribution >= 4 is 29.0 Å². The molecule has 1 unspecified atom stereocenters. The van der Waals surface area contributed by atoms with Crippen LogP contribution in [0.2, 0.25) is 0 Å². The molecule has 7 heteroatoms. The number of hydrogen-bond acceptors (Lipinski definition) is 4. The van der Waals surface area contributed by atoms with E-state index in [9.17, 15) is 9.59 Å². The molecule has 0 radical (unpaired) electrons. The van der Waals surface area contributed by atoms with Gasteiger partial charge in [0.1, 0.15) is 5.75 Å². The van der Waals surface area contributed by atoms with E-state index in [1.807, 2.05) is 48.5 Å². The summed E-state index contributed by atoms with van der Waals surface area (Å²) in [6, 6.07) is 22.2. The minimum Gasteiger partial charge on any atom is -0.497 e. The highest BCUT2D eigenvalue weighted by Crippen LogP contribution is 2.36. The van der Waals surface area contributed by atoms with Gasteiger partial charge in [-0.25, -0.2) is 9.79 Å². The minimum absolute atomic E-state index is 0.247. The number of amides is 3. The topological polar surface area (TPSA) is 83.0 Å². The fraction of sp³-hybridized carbons (Fsp3) is 0.160. The Balaban J connectivity index is 1.50. The van der Waals surface area contributed by atoms with Crippen molar-refractivity contribution in [1.29, 1.82) is 0 Å². The second-order valence-corrected chi connectivity index (χ2v) is 7.63. The molecule has 3 aromatic rings. The molecule has 0 aromatic heterocycles. The Kier molecular flexibility index (Phi) is 5.07. The van der Waals surface area contributed by atoms with Gasteiger partial charge in [0.15, 0.2) is 0 Å². The Labute approximate surface area is 185 Å². The number of anilines is 2. The van der Waals surface area contributed by atoms with E-state index < -0.39 is 12.2 Å². The maximum Gasteiger partial charge on any atom is 0.321 e. The lowest BCUT2D eigenvalue weighted by atomic mass is 9.98. The van der Waals surface area contributed by atoms with Crippen molar-refractivity contribution in [3.8, 4) is 5.75 Å². The van der Waals surface area contributed by atoms with Crippen LogP contribution < -0.4 is 20.3 Å². The Morgan fingerprint density at radius 2 is 1.88 bits per heavy atom. The Hall–Kier alpha value is -4.13. The average molecular weight is 426 g/mol. The first-order valence-corrected chi connectivity index (χ1v) is 10.4. The van der Waals surface area contributed by atoms with E-state index >= 15 is 0 Å². The van der Waals surface area contributed by atoms with Gasteiger partial charge in [0.05, 0.1) is 18.5 Å². The number of ether oxygens (including phenoxy) is 1. The molecule has 0 spiro atoms. The van der Waals surface area contributed by atoms with Gasteiger partial charge in [0, 0.05) is 29.4 Å². The number of benzene rings is 3. The van der Waals surface area contributed by atoms with Crippen molar-refractivity contribution < 1.29 is 14.3 Å². The van der Waals surface area contributed by atoms with Gasteiger partial charge >= 0.3 is 6.03 Å². The number of hydrogen-bond donors (Lipinski definition) is 2. The molecule has 5 rings (SSSR count). The summed E-state index contributed by atoms with van der Waals surface area (Å²) in [7, 11) is 1.56. The zero-order chi connectivity index (χ0) is 22.1. The Bertz CT molecular complexity index is 1220. The highest BCUT2D eigenvalue weighted by atomic mass is 16.5. The van der Waals surface area contributed by atoms with Gasteiger partial charge in [-0.15, -0.1) is 0 Å². The number of nitrogens with one attached hydrogen (secondary N) is 2. The van der Waals surface area contributed by atoms with E-state index in [-0.39, 0.29) is 5.91 Å². The van der Waals surface area contributed by atoms with Crippen LogP contribution in [0.5, 0.6) is 5.75 Å². The Morgan fingerprint density at radius 3 is 2.69 bits per heavy atom. The summed E-state index contributed by atoms with van der Waals surface area (Å²) in [4.78, 5) is 32.6. The molecule has 0 bridgehead atoms. The van der Waals surface area contributed by atoms with Crippen molar-refractivity contribution in [3.63, 3.8) is 0 Å². The van der Waals surface area contributed by atoms with Crippen molar-refractivity contribution in [2.24, 2.45) is 4.99 Å². The van der Waals surface area contributed by atoms with Crippen LogP contribution >= 0.6 is 0 Å². The van der Waals surface area contributed by atoms with Crippen molar-refractivity contribution in [2.75, 3.05) is 23.9 Å². The monoisotopic (exact) mass is 426 g/mol. The summed E-state index contributed by atoms with van der Waals surface area (Å²) in [5.74, 6) is 0.376. The number of rotatable bonds is 4. The number of carbonyl (C=O) groups excluding carboxylic acids is 2. The molecule has 7 nitrogen and oxygen atoms in total. The lowest BCUT2D eigenvalue weighted by molar-refractivity contribution is -0.120. The molecule has 0 saturated heterocycles. The summed E-state index contributed by atoms with van der Waals surface area (Å²) in [5, 5.41) is 5.50. The summed E-state index contributed by atoms with van der Waals surface area (Å²) >= 11 is 0. The first-order chi connectivity index (χ1) is 15.6. The molecular weight excluding hydrogens is 404 g/mol. The Morgan fingerprint density at radius 1 is 1.06 bits per heavy atom. The summed E-state index contributed by atoms with van der Waals surface area (Å²) in [6.45, 7) is 0.568. The maximum absolute atomic E-state index is 13.4. The van der Waals surface area contributed by atoms with E-state index in [2.05, 4.69) is 10.6 Å². The van der Waals surface area contributed by atoms with Gasteiger partial charge in [0.25, 0.3) is 5.91 Å². The molecular formula is C25H22N4O3. The van der Waals surface area contributed by atoms with Crippen LogP contribution in [0, 0.1) is 0 Å². The third kappa shape index (κ3) is 3.58. The lowest BCUT2D eigenvalue weighted by Crippen LogP contribution is -2.48. The van der Waals surface area contributed by atoms with Gasteiger partial charge in [-0.1, -0.05) is 54.6 Å². The fourth-order valence-corrected chi connectivity index (χ4v) is 4.18. The molecule has 0 aliphatic carbocycles. The molecule has 2 aliphatic rings. The van der Waals surface area contributed by atoms with Crippen LogP contribution in [-0.2, 0) is 11.2 Å². The van der Waals surface area contributed by atoms with E-state index in [1.54, 1.807) is 36.3 Å². The third-order valence-electron chi connectivity index (χ3n) is 5.65. The van der Waals surface area contributed by atoms with E-state index in [0.29, 0.717) is 23.7 Å². The summed E-state index contributed by atoms with van der Waals surface area (Å²) in [6.07, 6.45) is -0.270. The van der Waals surface area contributed by atoms with Crippen LogP contribution in [0.3, 0.4) is 0 Å². The van der Waals surface area contributed by atoms with Crippen molar-refractivity contribution in [3.05, 3.63) is 89.5 Å². The largest absolute Gasteiger partial charge is 0.497 e. The SMILES string of the molecule is COc1cccc(NC(=O)NC2N=C(c3ccccc3)c3cccc4c3N(CC4)C2=O)c1. The molecule has 2 aliphatic heterocycles. The molecule has 0 fully saturated rings. The van der Waals surface area contributed by atoms with Crippen LogP contribution in [0.25, 0.3) is 0 Å². The second kappa shape index (κ2) is 8.19. The van der Waals surface area contributed by atoms with Crippen molar-refractivity contribution in [2.45, 2.75) is 12.6 Å².